The number of hydrogen-bond donors (Lipinski definition) is 1. The van der Waals surface area contributed by atoms with E-state index in [0.29, 0.717) is 5.58 Å². The predicted octanol–water partition coefficient (Wildman–Crippen LogP) is 1.84. The first-order valence-corrected chi connectivity index (χ1v) is 5.26. The minimum atomic E-state index is -0.638. The number of rotatable bonds is 1. The van der Waals surface area contributed by atoms with Gasteiger partial charge in [-0.15, -0.1) is 0 Å². The van der Waals surface area contributed by atoms with Crippen LogP contribution in [0.25, 0.3) is 10.3 Å². The molecule has 2 aromatic rings. The molecule has 1 aromatic carbocycles. The zero-order valence-corrected chi connectivity index (χ0v) is 8.13. The number of fused-ring (bicyclic) bond motifs is 1. The van der Waals surface area contributed by atoms with Crippen molar-refractivity contribution in [3.8, 4) is 0 Å². The van der Waals surface area contributed by atoms with Crippen LogP contribution in [0.1, 0.15) is 18.4 Å². The second-order valence-electron chi connectivity index (χ2n) is 3.65. The Morgan fingerprint density at radius 1 is 1.43 bits per heavy atom. The lowest BCUT2D eigenvalue weighted by molar-refractivity contribution is 0.151. The summed E-state index contributed by atoms with van der Waals surface area (Å²) in [6, 6.07) is 5.42. The lowest BCUT2D eigenvalue weighted by Crippen LogP contribution is -2.02. The van der Waals surface area contributed by atoms with Crippen LogP contribution in [0.2, 0.25) is 0 Å². The highest BCUT2D eigenvalue weighted by Gasteiger charge is 2.42. The highest BCUT2D eigenvalue weighted by Crippen LogP contribution is 2.45. The molecular formula is C10H8O3S. The first-order chi connectivity index (χ1) is 6.67. The maximum absolute atomic E-state index is 11.0. The molecule has 1 aromatic heterocycles. The average molecular weight is 208 g/mol. The SMILES string of the molecule is O=c1oc2ccc(C3(O)CC3)cc2s1. The van der Waals surface area contributed by atoms with Gasteiger partial charge in [0, 0.05) is 0 Å². The van der Waals surface area contributed by atoms with Crippen molar-refractivity contribution in [3.63, 3.8) is 0 Å². The number of hydrogen-bond acceptors (Lipinski definition) is 4. The molecule has 1 aliphatic carbocycles. The number of aliphatic hydroxyl groups is 1. The molecule has 0 aliphatic heterocycles. The van der Waals surface area contributed by atoms with Crippen molar-refractivity contribution in [1.82, 2.24) is 0 Å². The second-order valence-corrected chi connectivity index (χ2v) is 4.62. The lowest BCUT2D eigenvalue weighted by atomic mass is 10.1. The van der Waals surface area contributed by atoms with Crippen molar-refractivity contribution in [3.05, 3.63) is 33.5 Å². The van der Waals surface area contributed by atoms with Crippen molar-refractivity contribution in [2.75, 3.05) is 0 Å². The topological polar surface area (TPSA) is 50.4 Å². The van der Waals surface area contributed by atoms with E-state index in [9.17, 15) is 9.90 Å². The number of benzene rings is 1. The Bertz CT molecular complexity index is 548. The normalized spacial score (nSPS) is 18.6. The third-order valence-corrected chi connectivity index (χ3v) is 3.38. The lowest BCUT2D eigenvalue weighted by Gasteiger charge is -2.06. The van der Waals surface area contributed by atoms with Crippen molar-refractivity contribution in [2.45, 2.75) is 18.4 Å². The summed E-state index contributed by atoms with van der Waals surface area (Å²) in [6.45, 7) is 0. The molecule has 0 unspecified atom stereocenters. The van der Waals surface area contributed by atoms with Crippen LogP contribution in [-0.4, -0.2) is 5.11 Å². The molecule has 0 radical (unpaired) electrons. The van der Waals surface area contributed by atoms with Gasteiger partial charge in [0.2, 0.25) is 0 Å². The summed E-state index contributed by atoms with van der Waals surface area (Å²) in [4.78, 5) is 10.7. The summed E-state index contributed by atoms with van der Waals surface area (Å²) in [5, 5.41) is 9.86. The summed E-state index contributed by atoms with van der Waals surface area (Å²) in [5.41, 5.74) is 0.858. The van der Waals surface area contributed by atoms with Crippen LogP contribution in [-0.2, 0) is 5.60 Å². The van der Waals surface area contributed by atoms with Gasteiger partial charge in [-0.1, -0.05) is 17.4 Å². The summed E-state index contributed by atoms with van der Waals surface area (Å²) < 4.78 is 5.75. The van der Waals surface area contributed by atoms with Crippen LogP contribution in [0.4, 0.5) is 0 Å². The van der Waals surface area contributed by atoms with Crippen LogP contribution in [0.5, 0.6) is 0 Å². The molecule has 72 valence electrons. The smallest absolute Gasteiger partial charge is 0.396 e. The molecule has 1 N–H and O–H groups in total. The molecule has 1 fully saturated rings. The Morgan fingerprint density at radius 2 is 2.21 bits per heavy atom. The molecule has 0 spiro atoms. The summed E-state index contributed by atoms with van der Waals surface area (Å²) in [6.07, 6.45) is 1.62. The zero-order chi connectivity index (χ0) is 9.76. The minimum absolute atomic E-state index is 0.292. The third-order valence-electron chi connectivity index (χ3n) is 2.59. The van der Waals surface area contributed by atoms with Gasteiger partial charge < -0.3 is 9.52 Å². The van der Waals surface area contributed by atoms with Gasteiger partial charge in [0.1, 0.15) is 5.58 Å². The largest absolute Gasteiger partial charge is 0.414 e. The Morgan fingerprint density at radius 3 is 2.93 bits per heavy atom. The van der Waals surface area contributed by atoms with Crippen LogP contribution in [0, 0.1) is 0 Å². The van der Waals surface area contributed by atoms with E-state index in [1.165, 1.54) is 0 Å². The van der Waals surface area contributed by atoms with Crippen LogP contribution in [0.3, 0.4) is 0 Å². The van der Waals surface area contributed by atoms with Gasteiger partial charge in [0.25, 0.3) is 0 Å². The van der Waals surface area contributed by atoms with Gasteiger partial charge in [-0.25, -0.2) is 4.79 Å². The molecule has 0 bridgehead atoms. The standard InChI is InChI=1S/C10H8O3S/c11-9-13-7-2-1-6(5-8(7)14-9)10(12)3-4-10/h1-2,5,12H,3-4H2. The highest BCUT2D eigenvalue weighted by atomic mass is 32.1. The molecule has 1 aliphatic rings. The highest BCUT2D eigenvalue weighted by molar-refractivity contribution is 7.16. The summed E-state index contributed by atoms with van der Waals surface area (Å²) in [5.74, 6) is 0. The molecule has 0 amide bonds. The van der Waals surface area contributed by atoms with Gasteiger partial charge in [-0.05, 0) is 30.5 Å². The van der Waals surface area contributed by atoms with E-state index in [4.69, 9.17) is 4.42 Å². The zero-order valence-electron chi connectivity index (χ0n) is 7.32. The monoisotopic (exact) mass is 208 g/mol. The third kappa shape index (κ3) is 1.11. The fourth-order valence-electron chi connectivity index (χ4n) is 1.57. The molecular weight excluding hydrogens is 200 g/mol. The summed E-state index contributed by atoms with van der Waals surface area (Å²) in [7, 11) is 0. The average Bonchev–Trinajstić information content (AvgIpc) is 2.79. The molecule has 0 atom stereocenters. The van der Waals surface area contributed by atoms with E-state index in [1.807, 2.05) is 12.1 Å². The Hall–Kier alpha value is -1.13. The molecule has 0 saturated heterocycles. The van der Waals surface area contributed by atoms with E-state index in [-0.39, 0.29) is 4.94 Å². The molecule has 14 heavy (non-hydrogen) atoms. The first kappa shape index (κ1) is 8.20. The van der Waals surface area contributed by atoms with Gasteiger partial charge in [-0.2, -0.15) is 0 Å². The maximum Gasteiger partial charge on any atom is 0.396 e. The van der Waals surface area contributed by atoms with E-state index in [2.05, 4.69) is 0 Å². The van der Waals surface area contributed by atoms with Crippen molar-refractivity contribution < 1.29 is 9.52 Å². The predicted molar refractivity (Wildman–Crippen MR) is 53.5 cm³/mol. The minimum Gasteiger partial charge on any atom is -0.414 e. The molecule has 4 heteroatoms. The first-order valence-electron chi connectivity index (χ1n) is 4.44. The van der Waals surface area contributed by atoms with Gasteiger partial charge >= 0.3 is 4.94 Å². The van der Waals surface area contributed by atoms with Gasteiger partial charge in [-0.3, -0.25) is 0 Å². The fourth-order valence-corrected chi connectivity index (χ4v) is 2.28. The van der Waals surface area contributed by atoms with E-state index in [0.717, 1.165) is 34.4 Å². The Balaban J connectivity index is 2.24. The van der Waals surface area contributed by atoms with Crippen LogP contribution < -0.4 is 4.94 Å². The van der Waals surface area contributed by atoms with E-state index in [1.54, 1.807) is 6.07 Å². The van der Waals surface area contributed by atoms with Crippen molar-refractivity contribution in [2.24, 2.45) is 0 Å². The maximum atomic E-state index is 11.0. The quantitative estimate of drug-likeness (QED) is 0.777. The van der Waals surface area contributed by atoms with E-state index >= 15 is 0 Å². The van der Waals surface area contributed by atoms with Crippen molar-refractivity contribution >= 4 is 21.6 Å². The van der Waals surface area contributed by atoms with Crippen LogP contribution in [0.15, 0.2) is 27.4 Å². The van der Waals surface area contributed by atoms with Gasteiger partial charge in [0.05, 0.1) is 10.3 Å². The molecule has 3 nitrogen and oxygen atoms in total. The van der Waals surface area contributed by atoms with E-state index < -0.39 is 5.60 Å². The Kier molecular flexibility index (Phi) is 1.44. The molecule has 3 rings (SSSR count). The molecule has 1 saturated carbocycles. The second kappa shape index (κ2) is 2.46. The van der Waals surface area contributed by atoms with Gasteiger partial charge in [0.15, 0.2) is 0 Å². The summed E-state index contributed by atoms with van der Waals surface area (Å²) >= 11 is 1.08. The molecule has 1 heterocycles. The van der Waals surface area contributed by atoms with Crippen molar-refractivity contribution in [1.29, 1.82) is 0 Å². The fraction of sp³-hybridized carbons (Fsp3) is 0.300. The van der Waals surface area contributed by atoms with Crippen LogP contribution >= 0.6 is 11.3 Å². The Labute approximate surface area is 83.6 Å².